The van der Waals surface area contributed by atoms with Crippen molar-refractivity contribution in [2.45, 2.75) is 24.8 Å². The third-order valence-corrected chi connectivity index (χ3v) is 7.48. The molecular formula is C23H26N4O6S2. The molecule has 0 spiro atoms. The molecule has 0 saturated carbocycles. The molecule has 10 nitrogen and oxygen atoms in total. The standard InChI is InChI=1S/C23H26N4O6S2/c1-4-33-21-11-9-20(10-12-21)27(34(3,29)30)17(2)23(28)25-18-7-13-22(14-8-18)35(31,32)26-19-6-5-15-24-16-19/h5-17,26H,4H2,1-3H3,(H,25,28)/t17-/m0/s1. The summed E-state index contributed by atoms with van der Waals surface area (Å²) in [6, 6.07) is 14.0. The van der Waals surface area contributed by atoms with Crippen molar-refractivity contribution < 1.29 is 26.4 Å². The van der Waals surface area contributed by atoms with Crippen LogP contribution in [-0.2, 0) is 24.8 Å². The Labute approximate surface area is 205 Å². The van der Waals surface area contributed by atoms with Crippen LogP contribution in [0.5, 0.6) is 5.75 Å². The van der Waals surface area contributed by atoms with Gasteiger partial charge in [-0.25, -0.2) is 16.8 Å². The minimum absolute atomic E-state index is 0.0143. The van der Waals surface area contributed by atoms with Crippen molar-refractivity contribution in [1.82, 2.24) is 4.98 Å². The summed E-state index contributed by atoms with van der Waals surface area (Å²) in [4.78, 5) is 16.7. The maximum Gasteiger partial charge on any atom is 0.261 e. The van der Waals surface area contributed by atoms with Gasteiger partial charge < -0.3 is 10.1 Å². The number of rotatable bonds is 10. The highest BCUT2D eigenvalue weighted by molar-refractivity contribution is 7.92. The third-order valence-electron chi connectivity index (χ3n) is 4.84. The lowest BCUT2D eigenvalue weighted by Crippen LogP contribution is -2.45. The summed E-state index contributed by atoms with van der Waals surface area (Å²) in [5.74, 6) is -0.0109. The van der Waals surface area contributed by atoms with Crippen molar-refractivity contribution in [2.75, 3.05) is 27.2 Å². The molecule has 0 bridgehead atoms. The van der Waals surface area contributed by atoms with Crippen LogP contribution in [0.4, 0.5) is 17.1 Å². The number of ether oxygens (including phenoxy) is 1. The van der Waals surface area contributed by atoms with E-state index in [4.69, 9.17) is 4.74 Å². The molecule has 3 rings (SSSR count). The van der Waals surface area contributed by atoms with Gasteiger partial charge in [0.05, 0.1) is 35.3 Å². The van der Waals surface area contributed by atoms with E-state index >= 15 is 0 Å². The summed E-state index contributed by atoms with van der Waals surface area (Å²) in [6.07, 6.45) is 3.92. The zero-order valence-electron chi connectivity index (χ0n) is 19.4. The maximum atomic E-state index is 12.9. The van der Waals surface area contributed by atoms with Gasteiger partial charge in [0.25, 0.3) is 10.0 Å². The molecule has 0 aliphatic carbocycles. The number of carbonyl (C=O) groups excluding carboxylic acids is 1. The second-order valence-electron chi connectivity index (χ2n) is 7.52. The lowest BCUT2D eigenvalue weighted by atomic mass is 10.2. The monoisotopic (exact) mass is 518 g/mol. The first kappa shape index (κ1) is 26.0. The molecule has 186 valence electrons. The summed E-state index contributed by atoms with van der Waals surface area (Å²) in [5.41, 5.74) is 0.928. The quantitative estimate of drug-likeness (QED) is 0.421. The van der Waals surface area contributed by atoms with Gasteiger partial charge in [-0.1, -0.05) is 0 Å². The Morgan fingerprint density at radius 3 is 2.20 bits per heavy atom. The SMILES string of the molecule is CCOc1ccc(N([C@@H](C)C(=O)Nc2ccc(S(=O)(=O)Nc3cccnc3)cc2)S(C)(=O)=O)cc1. The minimum atomic E-state index is -3.85. The first-order chi connectivity index (χ1) is 16.5. The van der Waals surface area contributed by atoms with Gasteiger partial charge in [-0.05, 0) is 74.5 Å². The molecule has 0 aliphatic rings. The average molecular weight is 519 g/mol. The number of benzene rings is 2. The van der Waals surface area contributed by atoms with Gasteiger partial charge in [-0.2, -0.15) is 0 Å². The van der Waals surface area contributed by atoms with Crippen molar-refractivity contribution >= 4 is 43.0 Å². The van der Waals surface area contributed by atoms with Gasteiger partial charge in [0.1, 0.15) is 11.8 Å². The molecule has 0 fully saturated rings. The average Bonchev–Trinajstić information content (AvgIpc) is 2.80. The Balaban J connectivity index is 1.75. The fraction of sp³-hybridized carbons (Fsp3) is 0.217. The Morgan fingerprint density at radius 2 is 1.66 bits per heavy atom. The molecule has 1 amide bonds. The number of sulfonamides is 2. The number of amides is 1. The van der Waals surface area contributed by atoms with E-state index in [9.17, 15) is 21.6 Å². The molecule has 3 aromatic rings. The molecule has 12 heteroatoms. The Bertz CT molecular complexity index is 1360. The van der Waals surface area contributed by atoms with E-state index in [1.165, 1.54) is 43.6 Å². The van der Waals surface area contributed by atoms with Crippen molar-refractivity contribution in [3.8, 4) is 5.75 Å². The Hall–Kier alpha value is -3.64. The molecule has 1 atom stereocenters. The van der Waals surface area contributed by atoms with Crippen LogP contribution in [0.15, 0.2) is 78.0 Å². The maximum absolute atomic E-state index is 12.9. The summed E-state index contributed by atoms with van der Waals surface area (Å²) >= 11 is 0. The summed E-state index contributed by atoms with van der Waals surface area (Å²) < 4.78 is 58.9. The van der Waals surface area contributed by atoms with Crippen molar-refractivity contribution in [2.24, 2.45) is 0 Å². The lowest BCUT2D eigenvalue weighted by Gasteiger charge is -2.28. The van der Waals surface area contributed by atoms with Crippen LogP contribution < -0.4 is 19.1 Å². The first-order valence-corrected chi connectivity index (χ1v) is 13.9. The number of carbonyl (C=O) groups is 1. The van der Waals surface area contributed by atoms with E-state index in [2.05, 4.69) is 15.0 Å². The molecule has 2 N–H and O–H groups in total. The van der Waals surface area contributed by atoms with Crippen LogP contribution in [0.3, 0.4) is 0 Å². The number of aromatic nitrogens is 1. The number of nitrogens with zero attached hydrogens (tertiary/aromatic N) is 2. The summed E-state index contributed by atoms with van der Waals surface area (Å²) in [6.45, 7) is 3.76. The number of hydrogen-bond acceptors (Lipinski definition) is 7. The molecule has 0 unspecified atom stereocenters. The van der Waals surface area contributed by atoms with E-state index < -0.39 is 32.0 Å². The second kappa shape index (κ2) is 10.7. The van der Waals surface area contributed by atoms with Crippen LogP contribution in [0, 0.1) is 0 Å². The lowest BCUT2D eigenvalue weighted by molar-refractivity contribution is -0.116. The highest BCUT2D eigenvalue weighted by atomic mass is 32.2. The summed E-state index contributed by atoms with van der Waals surface area (Å²) in [5, 5.41) is 2.63. The molecule has 0 radical (unpaired) electrons. The number of pyridine rings is 1. The van der Waals surface area contributed by atoms with Crippen molar-refractivity contribution in [1.29, 1.82) is 0 Å². The van der Waals surface area contributed by atoms with Crippen LogP contribution in [-0.4, -0.2) is 46.6 Å². The zero-order valence-corrected chi connectivity index (χ0v) is 21.0. The predicted octanol–water partition coefficient (Wildman–Crippen LogP) is 3.07. The van der Waals surface area contributed by atoms with Crippen molar-refractivity contribution in [3.05, 3.63) is 73.1 Å². The molecular weight excluding hydrogens is 492 g/mol. The van der Waals surface area contributed by atoms with E-state index in [-0.39, 0.29) is 4.90 Å². The first-order valence-electron chi connectivity index (χ1n) is 10.6. The van der Waals surface area contributed by atoms with E-state index in [1.807, 2.05) is 6.92 Å². The Kier molecular flexibility index (Phi) is 7.97. The molecule has 0 aliphatic heterocycles. The smallest absolute Gasteiger partial charge is 0.261 e. The van der Waals surface area contributed by atoms with Crippen LogP contribution in [0.2, 0.25) is 0 Å². The number of hydrogen-bond donors (Lipinski definition) is 2. The van der Waals surface area contributed by atoms with Crippen molar-refractivity contribution in [3.63, 3.8) is 0 Å². The van der Waals surface area contributed by atoms with E-state index in [0.29, 0.717) is 29.4 Å². The predicted molar refractivity (Wildman–Crippen MR) is 135 cm³/mol. The van der Waals surface area contributed by atoms with Gasteiger partial charge in [0.15, 0.2) is 0 Å². The Morgan fingerprint density at radius 1 is 1.00 bits per heavy atom. The minimum Gasteiger partial charge on any atom is -0.494 e. The van der Waals surface area contributed by atoms with E-state index in [0.717, 1.165) is 10.6 Å². The fourth-order valence-corrected chi connectivity index (χ4v) is 5.48. The largest absolute Gasteiger partial charge is 0.494 e. The number of anilines is 3. The molecule has 2 aromatic carbocycles. The number of nitrogens with one attached hydrogen (secondary N) is 2. The third kappa shape index (κ3) is 6.70. The second-order valence-corrected chi connectivity index (χ2v) is 11.1. The van der Waals surface area contributed by atoms with Gasteiger partial charge >= 0.3 is 0 Å². The fourth-order valence-electron chi connectivity index (χ4n) is 3.27. The van der Waals surface area contributed by atoms with Gasteiger partial charge in [0.2, 0.25) is 15.9 Å². The molecule has 35 heavy (non-hydrogen) atoms. The van der Waals surface area contributed by atoms with Crippen LogP contribution in [0.1, 0.15) is 13.8 Å². The zero-order chi connectivity index (χ0) is 25.6. The summed E-state index contributed by atoms with van der Waals surface area (Å²) in [7, 11) is -7.65. The molecule has 0 saturated heterocycles. The molecule has 1 heterocycles. The van der Waals surface area contributed by atoms with Gasteiger partial charge in [0, 0.05) is 11.9 Å². The highest BCUT2D eigenvalue weighted by Crippen LogP contribution is 2.25. The molecule has 1 aromatic heterocycles. The normalized spacial score (nSPS) is 12.4. The van der Waals surface area contributed by atoms with E-state index in [1.54, 1.807) is 36.4 Å². The van der Waals surface area contributed by atoms with Gasteiger partial charge in [-0.15, -0.1) is 0 Å². The highest BCUT2D eigenvalue weighted by Gasteiger charge is 2.29. The van der Waals surface area contributed by atoms with Crippen LogP contribution in [0.25, 0.3) is 0 Å². The topological polar surface area (TPSA) is 135 Å². The van der Waals surface area contributed by atoms with Crippen LogP contribution >= 0.6 is 0 Å². The van der Waals surface area contributed by atoms with Gasteiger partial charge in [-0.3, -0.25) is 18.8 Å².